The molecular formula is C16H19ClN2. The van der Waals surface area contributed by atoms with Crippen molar-refractivity contribution < 1.29 is 0 Å². The topological polar surface area (TPSA) is 16.1 Å². The number of halogens is 1. The number of rotatable bonds is 3. The SMILES string of the molecule is CC(Cl)CC1CCCN1c1nccc2ccccc12. The molecule has 0 radical (unpaired) electrons. The summed E-state index contributed by atoms with van der Waals surface area (Å²) in [5, 5.41) is 2.73. The van der Waals surface area contributed by atoms with Crippen molar-refractivity contribution in [1.29, 1.82) is 0 Å². The van der Waals surface area contributed by atoms with E-state index in [4.69, 9.17) is 11.6 Å². The Labute approximate surface area is 119 Å². The zero-order chi connectivity index (χ0) is 13.2. The maximum absolute atomic E-state index is 6.18. The minimum atomic E-state index is 0.223. The van der Waals surface area contributed by atoms with E-state index < -0.39 is 0 Å². The summed E-state index contributed by atoms with van der Waals surface area (Å²) in [4.78, 5) is 7.07. The molecule has 1 fully saturated rings. The molecule has 2 heterocycles. The summed E-state index contributed by atoms with van der Waals surface area (Å²) in [6.45, 7) is 3.17. The lowest BCUT2D eigenvalue weighted by molar-refractivity contribution is 0.602. The average Bonchev–Trinajstić information content (AvgIpc) is 2.85. The maximum Gasteiger partial charge on any atom is 0.136 e. The van der Waals surface area contributed by atoms with Crippen LogP contribution in [0.3, 0.4) is 0 Å². The Hall–Kier alpha value is -1.28. The molecule has 0 N–H and O–H groups in total. The number of anilines is 1. The molecule has 1 aliphatic rings. The first-order valence-electron chi connectivity index (χ1n) is 7.00. The number of hydrogen-bond donors (Lipinski definition) is 0. The average molecular weight is 275 g/mol. The molecular weight excluding hydrogens is 256 g/mol. The van der Waals surface area contributed by atoms with Crippen LogP contribution in [0.15, 0.2) is 36.5 Å². The highest BCUT2D eigenvalue weighted by molar-refractivity contribution is 6.20. The standard InChI is InChI=1S/C16H19ClN2/c1-12(17)11-14-6-4-10-19(14)16-15-7-3-2-5-13(15)8-9-18-16/h2-3,5,7-9,12,14H,4,6,10-11H2,1H3. The van der Waals surface area contributed by atoms with Crippen LogP contribution >= 0.6 is 11.6 Å². The molecule has 0 bridgehead atoms. The van der Waals surface area contributed by atoms with Gasteiger partial charge in [0.2, 0.25) is 0 Å². The van der Waals surface area contributed by atoms with Crippen LogP contribution in [-0.2, 0) is 0 Å². The van der Waals surface area contributed by atoms with Crippen molar-refractivity contribution in [3.63, 3.8) is 0 Å². The second-order valence-corrected chi connectivity index (χ2v) is 6.11. The molecule has 2 nitrogen and oxygen atoms in total. The lowest BCUT2D eigenvalue weighted by Gasteiger charge is -2.27. The van der Waals surface area contributed by atoms with Crippen molar-refractivity contribution >= 4 is 28.2 Å². The van der Waals surface area contributed by atoms with E-state index in [-0.39, 0.29) is 5.38 Å². The highest BCUT2D eigenvalue weighted by Gasteiger charge is 2.27. The summed E-state index contributed by atoms with van der Waals surface area (Å²) in [6.07, 6.45) is 5.41. The van der Waals surface area contributed by atoms with E-state index in [9.17, 15) is 0 Å². The molecule has 3 rings (SSSR count). The van der Waals surface area contributed by atoms with Crippen molar-refractivity contribution in [2.45, 2.75) is 37.6 Å². The smallest absolute Gasteiger partial charge is 0.136 e. The van der Waals surface area contributed by atoms with Gasteiger partial charge in [0, 0.05) is 29.5 Å². The minimum absolute atomic E-state index is 0.223. The molecule has 1 aromatic heterocycles. The Kier molecular flexibility index (Phi) is 3.61. The van der Waals surface area contributed by atoms with Crippen LogP contribution in [-0.4, -0.2) is 22.9 Å². The Morgan fingerprint density at radius 3 is 3.05 bits per heavy atom. The van der Waals surface area contributed by atoms with Crippen LogP contribution in [0.4, 0.5) is 5.82 Å². The molecule has 0 saturated carbocycles. The molecule has 0 spiro atoms. The van der Waals surface area contributed by atoms with Crippen LogP contribution in [0.25, 0.3) is 10.8 Å². The van der Waals surface area contributed by atoms with E-state index in [0.29, 0.717) is 6.04 Å². The van der Waals surface area contributed by atoms with Crippen LogP contribution in [0.5, 0.6) is 0 Å². The largest absolute Gasteiger partial charge is 0.353 e. The predicted molar refractivity (Wildman–Crippen MR) is 82.0 cm³/mol. The molecule has 1 aromatic carbocycles. The van der Waals surface area contributed by atoms with E-state index in [1.54, 1.807) is 0 Å². The Morgan fingerprint density at radius 2 is 2.21 bits per heavy atom. The molecule has 3 heteroatoms. The van der Waals surface area contributed by atoms with Crippen molar-refractivity contribution in [1.82, 2.24) is 4.98 Å². The third-order valence-electron chi connectivity index (χ3n) is 3.90. The Morgan fingerprint density at radius 1 is 1.37 bits per heavy atom. The van der Waals surface area contributed by atoms with Gasteiger partial charge in [-0.05, 0) is 37.6 Å². The summed E-state index contributed by atoms with van der Waals surface area (Å²) in [5.74, 6) is 1.12. The Bertz CT molecular complexity index is 562. The van der Waals surface area contributed by atoms with Gasteiger partial charge in [-0.25, -0.2) is 4.98 Å². The predicted octanol–water partition coefficient (Wildman–Crippen LogP) is 4.22. The first-order valence-corrected chi connectivity index (χ1v) is 7.44. The normalized spacial score (nSPS) is 20.9. The quantitative estimate of drug-likeness (QED) is 0.779. The number of fused-ring (bicyclic) bond motifs is 1. The van der Waals surface area contributed by atoms with Gasteiger partial charge in [0.15, 0.2) is 0 Å². The molecule has 1 aliphatic heterocycles. The van der Waals surface area contributed by atoms with E-state index in [1.807, 2.05) is 6.20 Å². The lowest BCUT2D eigenvalue weighted by Crippen LogP contribution is -2.31. The number of nitrogens with zero attached hydrogens (tertiary/aromatic N) is 2. The second-order valence-electron chi connectivity index (χ2n) is 5.36. The van der Waals surface area contributed by atoms with Crippen molar-refractivity contribution in [2.24, 2.45) is 0 Å². The molecule has 1 saturated heterocycles. The Balaban J connectivity index is 1.99. The van der Waals surface area contributed by atoms with Crippen LogP contribution in [0.1, 0.15) is 26.2 Å². The van der Waals surface area contributed by atoms with Gasteiger partial charge in [-0.2, -0.15) is 0 Å². The van der Waals surface area contributed by atoms with Crippen molar-refractivity contribution in [3.05, 3.63) is 36.5 Å². The van der Waals surface area contributed by atoms with Crippen LogP contribution in [0.2, 0.25) is 0 Å². The molecule has 0 aliphatic carbocycles. The summed E-state index contributed by atoms with van der Waals surface area (Å²) in [6, 6.07) is 11.1. The van der Waals surface area contributed by atoms with Gasteiger partial charge in [-0.3, -0.25) is 0 Å². The molecule has 2 unspecified atom stereocenters. The van der Waals surface area contributed by atoms with E-state index in [0.717, 1.165) is 18.8 Å². The molecule has 2 aromatic rings. The minimum Gasteiger partial charge on any atom is -0.353 e. The van der Waals surface area contributed by atoms with E-state index in [2.05, 4.69) is 47.1 Å². The number of pyridine rings is 1. The summed E-state index contributed by atoms with van der Waals surface area (Å²) >= 11 is 6.18. The zero-order valence-electron chi connectivity index (χ0n) is 11.2. The summed E-state index contributed by atoms with van der Waals surface area (Å²) < 4.78 is 0. The monoisotopic (exact) mass is 274 g/mol. The molecule has 0 amide bonds. The highest BCUT2D eigenvalue weighted by Crippen LogP contribution is 2.32. The molecule has 100 valence electrons. The van der Waals surface area contributed by atoms with Crippen molar-refractivity contribution in [2.75, 3.05) is 11.4 Å². The number of aromatic nitrogens is 1. The van der Waals surface area contributed by atoms with Gasteiger partial charge in [0.25, 0.3) is 0 Å². The van der Waals surface area contributed by atoms with Gasteiger partial charge in [0.05, 0.1) is 0 Å². The maximum atomic E-state index is 6.18. The first-order chi connectivity index (χ1) is 9.25. The highest BCUT2D eigenvalue weighted by atomic mass is 35.5. The van der Waals surface area contributed by atoms with Gasteiger partial charge in [-0.1, -0.05) is 24.3 Å². The van der Waals surface area contributed by atoms with Gasteiger partial charge in [0.1, 0.15) is 5.82 Å². The number of benzene rings is 1. The number of hydrogen-bond acceptors (Lipinski definition) is 2. The van der Waals surface area contributed by atoms with Gasteiger partial charge >= 0.3 is 0 Å². The fraction of sp³-hybridized carbons (Fsp3) is 0.438. The lowest BCUT2D eigenvalue weighted by atomic mass is 10.1. The number of alkyl halides is 1. The fourth-order valence-electron chi connectivity index (χ4n) is 3.07. The van der Waals surface area contributed by atoms with E-state index >= 15 is 0 Å². The first kappa shape index (κ1) is 12.7. The van der Waals surface area contributed by atoms with Crippen molar-refractivity contribution in [3.8, 4) is 0 Å². The molecule has 2 atom stereocenters. The van der Waals surface area contributed by atoms with Gasteiger partial charge < -0.3 is 4.90 Å². The fourth-order valence-corrected chi connectivity index (χ4v) is 3.27. The van der Waals surface area contributed by atoms with Crippen LogP contribution in [0, 0.1) is 0 Å². The summed E-state index contributed by atoms with van der Waals surface area (Å²) in [7, 11) is 0. The second kappa shape index (κ2) is 5.38. The van der Waals surface area contributed by atoms with Gasteiger partial charge in [-0.15, -0.1) is 11.6 Å². The summed E-state index contributed by atoms with van der Waals surface area (Å²) in [5.41, 5.74) is 0. The van der Waals surface area contributed by atoms with E-state index in [1.165, 1.54) is 23.6 Å². The van der Waals surface area contributed by atoms with Crippen LogP contribution < -0.4 is 4.90 Å². The molecule has 19 heavy (non-hydrogen) atoms. The third-order valence-corrected chi connectivity index (χ3v) is 4.08. The third kappa shape index (κ3) is 2.55. The zero-order valence-corrected chi connectivity index (χ0v) is 12.0.